The van der Waals surface area contributed by atoms with E-state index in [-0.39, 0.29) is 5.97 Å². The lowest BCUT2D eigenvalue weighted by atomic mass is 10.1. The Bertz CT molecular complexity index is 753. The number of hydrogen-bond donors (Lipinski definition) is 0. The second-order valence-electron chi connectivity index (χ2n) is 6.14. The van der Waals surface area contributed by atoms with Gasteiger partial charge in [-0.1, -0.05) is 42.2 Å². The van der Waals surface area contributed by atoms with E-state index in [1.54, 1.807) is 12.1 Å². The number of ether oxygens (including phenoxy) is 2. The highest BCUT2D eigenvalue weighted by Gasteiger charge is 2.10. The highest BCUT2D eigenvalue weighted by Crippen LogP contribution is 2.09. The molecular weight excluding hydrogens is 326 g/mol. The molecule has 0 spiro atoms. The fourth-order valence-electron chi connectivity index (χ4n) is 2.73. The number of esters is 1. The van der Waals surface area contributed by atoms with E-state index >= 15 is 0 Å². The second kappa shape index (κ2) is 9.76. The van der Waals surface area contributed by atoms with Crippen LogP contribution in [0, 0.1) is 11.8 Å². The number of hydrogen-bond acceptors (Lipinski definition) is 4. The molecular formula is C22H23NO3. The minimum atomic E-state index is -0.306. The number of morpholine rings is 1. The maximum atomic E-state index is 11.8. The van der Waals surface area contributed by atoms with Crippen LogP contribution < -0.4 is 0 Å². The normalized spacial score (nSPS) is 14.3. The second-order valence-corrected chi connectivity index (χ2v) is 6.14. The van der Waals surface area contributed by atoms with E-state index < -0.39 is 0 Å². The van der Waals surface area contributed by atoms with Gasteiger partial charge in [-0.25, -0.2) is 4.79 Å². The molecule has 1 aliphatic heterocycles. The molecule has 3 rings (SSSR count). The van der Waals surface area contributed by atoms with Gasteiger partial charge in [0.1, 0.15) is 6.61 Å². The van der Waals surface area contributed by atoms with Gasteiger partial charge in [-0.3, -0.25) is 4.90 Å². The predicted molar refractivity (Wildman–Crippen MR) is 101 cm³/mol. The average Bonchev–Trinajstić information content (AvgIpc) is 2.70. The first-order valence-electron chi connectivity index (χ1n) is 8.91. The van der Waals surface area contributed by atoms with E-state index in [4.69, 9.17) is 9.47 Å². The molecule has 2 aromatic carbocycles. The van der Waals surface area contributed by atoms with E-state index in [0.29, 0.717) is 18.6 Å². The zero-order valence-electron chi connectivity index (χ0n) is 14.8. The molecule has 0 saturated carbocycles. The largest absolute Gasteiger partial charge is 0.461 e. The molecule has 2 aromatic rings. The minimum absolute atomic E-state index is 0.301. The zero-order chi connectivity index (χ0) is 18.0. The van der Waals surface area contributed by atoms with Crippen molar-refractivity contribution in [3.63, 3.8) is 0 Å². The fourth-order valence-corrected chi connectivity index (χ4v) is 2.73. The highest BCUT2D eigenvalue weighted by molar-refractivity contribution is 5.89. The molecule has 0 atom stereocenters. The first-order chi connectivity index (χ1) is 12.8. The Morgan fingerprint density at radius 1 is 1.04 bits per heavy atom. The molecule has 134 valence electrons. The van der Waals surface area contributed by atoms with Crippen molar-refractivity contribution in [3.8, 4) is 11.8 Å². The van der Waals surface area contributed by atoms with E-state index in [2.05, 4.69) is 28.9 Å². The van der Waals surface area contributed by atoms with Crippen molar-refractivity contribution in [1.82, 2.24) is 4.90 Å². The van der Waals surface area contributed by atoms with Gasteiger partial charge in [0.25, 0.3) is 0 Å². The number of carbonyl (C=O) groups excluding carboxylic acids is 1. The Labute approximate surface area is 154 Å². The smallest absolute Gasteiger partial charge is 0.338 e. The van der Waals surface area contributed by atoms with E-state index in [0.717, 1.165) is 38.4 Å². The molecule has 1 heterocycles. The first-order valence-corrected chi connectivity index (χ1v) is 8.91. The fraction of sp³-hybridized carbons (Fsp3) is 0.318. The van der Waals surface area contributed by atoms with Crippen LogP contribution in [0.1, 0.15) is 27.9 Å². The third-order valence-electron chi connectivity index (χ3n) is 4.17. The van der Waals surface area contributed by atoms with Gasteiger partial charge in [-0.05, 0) is 29.8 Å². The first kappa shape index (κ1) is 18.2. The van der Waals surface area contributed by atoms with Gasteiger partial charge in [-0.15, -0.1) is 0 Å². The standard InChI is InChI=1S/C22H23NO3/c24-22(21-7-2-1-3-8-21)26-15-5-4-6-19-9-11-20(12-10-19)18-23-13-16-25-17-14-23/h1-3,7-12H,5,13-18H2. The van der Waals surface area contributed by atoms with Crippen molar-refractivity contribution in [2.45, 2.75) is 13.0 Å². The van der Waals surface area contributed by atoms with Gasteiger partial charge in [0.2, 0.25) is 0 Å². The Hall–Kier alpha value is -2.61. The van der Waals surface area contributed by atoms with E-state index in [1.165, 1.54) is 5.56 Å². The summed E-state index contributed by atoms with van der Waals surface area (Å²) in [5.74, 6) is 5.86. The van der Waals surface area contributed by atoms with E-state index in [1.807, 2.05) is 30.3 Å². The molecule has 4 nitrogen and oxygen atoms in total. The van der Waals surface area contributed by atoms with Gasteiger partial charge in [0.15, 0.2) is 0 Å². The van der Waals surface area contributed by atoms with Crippen LogP contribution in [-0.4, -0.2) is 43.8 Å². The number of rotatable bonds is 5. The molecule has 0 aliphatic carbocycles. The third kappa shape index (κ3) is 5.73. The van der Waals surface area contributed by atoms with Crippen LogP contribution in [0.4, 0.5) is 0 Å². The molecule has 0 amide bonds. The lowest BCUT2D eigenvalue weighted by molar-refractivity contribution is 0.0342. The van der Waals surface area contributed by atoms with Gasteiger partial charge in [0.05, 0.1) is 18.8 Å². The summed E-state index contributed by atoms with van der Waals surface area (Å²) in [6.07, 6.45) is 0.522. The number of carbonyl (C=O) groups is 1. The number of nitrogens with zero attached hydrogens (tertiary/aromatic N) is 1. The summed E-state index contributed by atoms with van der Waals surface area (Å²) in [4.78, 5) is 14.2. The van der Waals surface area contributed by atoms with Gasteiger partial charge >= 0.3 is 5.97 Å². The molecule has 1 fully saturated rings. The average molecular weight is 349 g/mol. The monoisotopic (exact) mass is 349 g/mol. The van der Waals surface area contributed by atoms with Gasteiger partial charge in [0, 0.05) is 31.6 Å². The van der Waals surface area contributed by atoms with Crippen molar-refractivity contribution in [2.75, 3.05) is 32.9 Å². The molecule has 0 N–H and O–H groups in total. The molecule has 1 saturated heterocycles. The molecule has 1 aliphatic rings. The Balaban J connectivity index is 1.41. The highest BCUT2D eigenvalue weighted by atomic mass is 16.5. The summed E-state index contributed by atoms with van der Waals surface area (Å²) in [6.45, 7) is 4.87. The van der Waals surface area contributed by atoms with Gasteiger partial charge in [-0.2, -0.15) is 0 Å². The maximum absolute atomic E-state index is 11.8. The summed E-state index contributed by atoms with van der Waals surface area (Å²) < 4.78 is 10.6. The van der Waals surface area contributed by atoms with Crippen LogP contribution >= 0.6 is 0 Å². The van der Waals surface area contributed by atoms with Crippen LogP contribution in [0.15, 0.2) is 54.6 Å². The van der Waals surface area contributed by atoms with Gasteiger partial charge < -0.3 is 9.47 Å². The van der Waals surface area contributed by atoms with Crippen LogP contribution in [-0.2, 0) is 16.0 Å². The summed E-state index contributed by atoms with van der Waals surface area (Å²) in [5, 5.41) is 0. The van der Waals surface area contributed by atoms with Crippen molar-refractivity contribution < 1.29 is 14.3 Å². The molecule has 0 aromatic heterocycles. The van der Waals surface area contributed by atoms with Crippen molar-refractivity contribution in [2.24, 2.45) is 0 Å². The van der Waals surface area contributed by atoms with E-state index in [9.17, 15) is 4.79 Å². The lowest BCUT2D eigenvalue weighted by Crippen LogP contribution is -2.35. The topological polar surface area (TPSA) is 38.8 Å². The summed E-state index contributed by atoms with van der Waals surface area (Å²) in [5.41, 5.74) is 2.83. The predicted octanol–water partition coefficient (Wildman–Crippen LogP) is 3.12. The SMILES string of the molecule is O=C(OCCC#Cc1ccc(CN2CCOCC2)cc1)c1ccccc1. The van der Waals surface area contributed by atoms with Crippen LogP contribution in [0.25, 0.3) is 0 Å². The third-order valence-corrected chi connectivity index (χ3v) is 4.17. The lowest BCUT2D eigenvalue weighted by Gasteiger charge is -2.26. The Kier molecular flexibility index (Phi) is 6.83. The van der Waals surface area contributed by atoms with Crippen molar-refractivity contribution >= 4 is 5.97 Å². The minimum Gasteiger partial charge on any atom is -0.461 e. The van der Waals surface area contributed by atoms with Crippen LogP contribution in [0.5, 0.6) is 0 Å². The summed E-state index contributed by atoms with van der Waals surface area (Å²) in [7, 11) is 0. The van der Waals surface area contributed by atoms with Crippen molar-refractivity contribution in [1.29, 1.82) is 0 Å². The quantitative estimate of drug-likeness (QED) is 0.472. The molecule has 0 bridgehead atoms. The molecule has 0 radical (unpaired) electrons. The zero-order valence-corrected chi connectivity index (χ0v) is 14.8. The van der Waals surface area contributed by atoms with Crippen molar-refractivity contribution in [3.05, 3.63) is 71.3 Å². The maximum Gasteiger partial charge on any atom is 0.338 e. The number of benzene rings is 2. The van der Waals surface area contributed by atoms with Crippen LogP contribution in [0.2, 0.25) is 0 Å². The molecule has 0 unspecified atom stereocenters. The van der Waals surface area contributed by atoms with Crippen LogP contribution in [0.3, 0.4) is 0 Å². The Morgan fingerprint density at radius 3 is 2.50 bits per heavy atom. The summed E-state index contributed by atoms with van der Waals surface area (Å²) >= 11 is 0. The summed E-state index contributed by atoms with van der Waals surface area (Å²) in [6, 6.07) is 17.3. The molecule has 26 heavy (non-hydrogen) atoms. The Morgan fingerprint density at radius 2 is 1.77 bits per heavy atom. The molecule has 4 heteroatoms.